The van der Waals surface area contributed by atoms with E-state index in [2.05, 4.69) is 5.32 Å². The monoisotopic (exact) mass is 358 g/mol. The molecule has 0 bridgehead atoms. The van der Waals surface area contributed by atoms with Crippen molar-refractivity contribution in [2.24, 2.45) is 5.73 Å². The number of hydrogen-bond donors (Lipinski definition) is 2. The van der Waals surface area contributed by atoms with Crippen LogP contribution in [0.2, 0.25) is 0 Å². The minimum Gasteiger partial charge on any atom is -0.493 e. The Kier molecular flexibility index (Phi) is 6.43. The van der Waals surface area contributed by atoms with E-state index in [0.29, 0.717) is 22.9 Å². The molecule has 1 aromatic heterocycles. The maximum absolute atomic E-state index is 11.4. The molecule has 1 heterocycles. The molecule has 7 nitrogen and oxygen atoms in total. The normalized spacial score (nSPS) is 11.0. The molecule has 0 aliphatic rings. The van der Waals surface area contributed by atoms with Gasteiger partial charge < -0.3 is 25.3 Å². The molecule has 138 valence electrons. The average molecular weight is 358 g/mol. The first kappa shape index (κ1) is 19.1. The van der Waals surface area contributed by atoms with Crippen LogP contribution in [0, 0.1) is 0 Å². The maximum Gasteiger partial charge on any atom is 0.316 e. The van der Waals surface area contributed by atoms with Crippen LogP contribution >= 0.6 is 0 Å². The van der Waals surface area contributed by atoms with Crippen LogP contribution in [0.25, 0.3) is 11.8 Å². The summed E-state index contributed by atoms with van der Waals surface area (Å²) < 4.78 is 18.1. The molecule has 0 atom stereocenters. The van der Waals surface area contributed by atoms with Crippen molar-refractivity contribution in [2.75, 3.05) is 21.3 Å². The molecule has 2 rings (SSSR count). The Labute approximate surface area is 153 Å². The first-order valence-corrected chi connectivity index (χ1v) is 8.10. The molecule has 0 saturated heterocycles. The van der Waals surface area contributed by atoms with E-state index in [9.17, 15) is 4.79 Å². The number of nitrogens with one attached hydrogen (secondary N) is 1. The van der Waals surface area contributed by atoms with Crippen molar-refractivity contribution in [3.05, 3.63) is 47.8 Å². The first-order chi connectivity index (χ1) is 12.5. The molecule has 0 radical (unpaired) electrons. The smallest absolute Gasteiger partial charge is 0.316 e. The molecule has 2 aromatic rings. The number of primary amides is 1. The van der Waals surface area contributed by atoms with E-state index in [4.69, 9.17) is 19.9 Å². The van der Waals surface area contributed by atoms with Crippen LogP contribution in [-0.2, 0) is 6.54 Å². The van der Waals surface area contributed by atoms with Gasteiger partial charge in [-0.05, 0) is 30.7 Å². The molecule has 0 saturated carbocycles. The zero-order chi connectivity index (χ0) is 19.1. The Balaban J connectivity index is 2.53. The van der Waals surface area contributed by atoms with Crippen LogP contribution in [0.1, 0.15) is 18.1 Å². The Bertz CT molecular complexity index is 776. The fourth-order valence-electron chi connectivity index (χ4n) is 2.52. The third-order valence-corrected chi connectivity index (χ3v) is 3.82. The standard InChI is InChI=1S/C19H23N3O4/c1-5-22-8-6-14(7-9-22)15(21-19(20)23)10-13-11-16(24-2)18(26-4)17(12-13)25-3/h6-12H,5H2,1-4H3,(H2-,20,21,23)/p+1/b15-10-. The number of urea groups is 1. The molecular formula is C19H24N3O4+. The quantitative estimate of drug-likeness (QED) is 0.743. The van der Waals surface area contributed by atoms with Crippen molar-refractivity contribution in [1.29, 1.82) is 0 Å². The Morgan fingerprint density at radius 3 is 2.12 bits per heavy atom. The molecule has 0 aliphatic heterocycles. The van der Waals surface area contributed by atoms with Gasteiger partial charge in [0.25, 0.3) is 0 Å². The number of aromatic nitrogens is 1. The van der Waals surface area contributed by atoms with Gasteiger partial charge in [0, 0.05) is 17.7 Å². The molecule has 2 amide bonds. The number of rotatable bonds is 7. The number of carbonyl (C=O) groups excluding carboxylic acids is 1. The van der Waals surface area contributed by atoms with Gasteiger partial charge in [0.15, 0.2) is 23.9 Å². The summed E-state index contributed by atoms with van der Waals surface area (Å²) >= 11 is 0. The van der Waals surface area contributed by atoms with Crippen molar-refractivity contribution in [3.8, 4) is 17.2 Å². The molecule has 26 heavy (non-hydrogen) atoms. The summed E-state index contributed by atoms with van der Waals surface area (Å²) in [6.07, 6.45) is 5.66. The summed E-state index contributed by atoms with van der Waals surface area (Å²) in [6, 6.07) is 6.75. The number of pyridine rings is 1. The zero-order valence-corrected chi connectivity index (χ0v) is 15.4. The number of methoxy groups -OCH3 is 3. The minimum absolute atomic E-state index is 0.500. The van der Waals surface area contributed by atoms with Crippen molar-refractivity contribution in [1.82, 2.24) is 5.32 Å². The third kappa shape index (κ3) is 4.44. The molecule has 0 spiro atoms. The van der Waals surface area contributed by atoms with Gasteiger partial charge in [-0.3, -0.25) is 0 Å². The van der Waals surface area contributed by atoms with Gasteiger partial charge in [-0.1, -0.05) is 0 Å². The van der Waals surface area contributed by atoms with Gasteiger partial charge in [0.05, 0.1) is 27.0 Å². The summed E-state index contributed by atoms with van der Waals surface area (Å²) in [5.74, 6) is 1.54. The first-order valence-electron chi connectivity index (χ1n) is 8.10. The number of hydrogen-bond acceptors (Lipinski definition) is 4. The van der Waals surface area contributed by atoms with E-state index in [1.165, 1.54) is 0 Å². The van der Waals surface area contributed by atoms with Crippen LogP contribution in [0.5, 0.6) is 17.2 Å². The summed E-state index contributed by atoms with van der Waals surface area (Å²) in [6.45, 7) is 2.91. The topological polar surface area (TPSA) is 86.7 Å². The van der Waals surface area contributed by atoms with Crippen molar-refractivity contribution >= 4 is 17.8 Å². The van der Waals surface area contributed by atoms with E-state index in [1.807, 2.05) is 36.0 Å². The van der Waals surface area contributed by atoms with Gasteiger partial charge in [0.1, 0.15) is 6.54 Å². The summed E-state index contributed by atoms with van der Waals surface area (Å²) in [5, 5.41) is 2.66. The van der Waals surface area contributed by atoms with E-state index in [1.54, 1.807) is 39.5 Å². The lowest BCUT2D eigenvalue weighted by Gasteiger charge is -2.14. The van der Waals surface area contributed by atoms with Gasteiger partial charge in [-0.25, -0.2) is 9.36 Å². The van der Waals surface area contributed by atoms with Crippen LogP contribution in [0.4, 0.5) is 4.79 Å². The number of aryl methyl sites for hydroxylation is 1. The number of benzene rings is 1. The third-order valence-electron chi connectivity index (χ3n) is 3.82. The average Bonchev–Trinajstić information content (AvgIpc) is 2.66. The Hall–Kier alpha value is -3.22. The molecule has 7 heteroatoms. The SMILES string of the molecule is CC[n+]1ccc(/C(=C/c2cc(OC)c(OC)c(OC)c2)NC(N)=O)cc1. The summed E-state index contributed by atoms with van der Waals surface area (Å²) in [5.41, 5.74) is 7.48. The maximum atomic E-state index is 11.4. The van der Waals surface area contributed by atoms with Gasteiger partial charge in [-0.2, -0.15) is 0 Å². The predicted octanol–water partition coefficient (Wildman–Crippen LogP) is 2.19. The van der Waals surface area contributed by atoms with E-state index in [0.717, 1.165) is 17.7 Å². The second-order valence-electron chi connectivity index (χ2n) is 5.42. The minimum atomic E-state index is -0.643. The Morgan fingerprint density at radius 1 is 1.12 bits per heavy atom. The predicted molar refractivity (Wildman–Crippen MR) is 99.0 cm³/mol. The van der Waals surface area contributed by atoms with Crippen LogP contribution in [-0.4, -0.2) is 27.4 Å². The number of nitrogens with two attached hydrogens (primary N) is 1. The van der Waals surface area contributed by atoms with Crippen LogP contribution in [0.3, 0.4) is 0 Å². The molecule has 1 aromatic carbocycles. The van der Waals surface area contributed by atoms with Gasteiger partial charge >= 0.3 is 6.03 Å². The lowest BCUT2D eigenvalue weighted by molar-refractivity contribution is -0.693. The van der Waals surface area contributed by atoms with Crippen LogP contribution in [0.15, 0.2) is 36.7 Å². The largest absolute Gasteiger partial charge is 0.493 e. The van der Waals surface area contributed by atoms with E-state index >= 15 is 0 Å². The van der Waals surface area contributed by atoms with E-state index in [-0.39, 0.29) is 0 Å². The van der Waals surface area contributed by atoms with Crippen molar-refractivity contribution < 1.29 is 23.6 Å². The summed E-state index contributed by atoms with van der Waals surface area (Å²) in [7, 11) is 4.64. The highest BCUT2D eigenvalue weighted by Gasteiger charge is 2.14. The molecule has 3 N–H and O–H groups in total. The molecular weight excluding hydrogens is 334 g/mol. The van der Waals surface area contributed by atoms with Crippen LogP contribution < -0.4 is 29.8 Å². The van der Waals surface area contributed by atoms with E-state index < -0.39 is 6.03 Å². The van der Waals surface area contributed by atoms with Gasteiger partial charge in [0.2, 0.25) is 5.75 Å². The fraction of sp³-hybridized carbons (Fsp3) is 0.263. The lowest BCUT2D eigenvalue weighted by Crippen LogP contribution is -2.32. The molecule has 0 unspecified atom stereocenters. The number of ether oxygens (including phenoxy) is 3. The second kappa shape index (κ2) is 8.75. The Morgan fingerprint density at radius 2 is 1.69 bits per heavy atom. The fourth-order valence-corrected chi connectivity index (χ4v) is 2.52. The summed E-state index contributed by atoms with van der Waals surface area (Å²) in [4.78, 5) is 11.4. The highest BCUT2D eigenvalue weighted by Crippen LogP contribution is 2.38. The van der Waals surface area contributed by atoms with Crippen molar-refractivity contribution in [2.45, 2.75) is 13.5 Å². The highest BCUT2D eigenvalue weighted by atomic mass is 16.5. The highest BCUT2D eigenvalue weighted by molar-refractivity contribution is 5.91. The number of nitrogens with zero attached hydrogens (tertiary/aromatic N) is 1. The van der Waals surface area contributed by atoms with Gasteiger partial charge in [-0.15, -0.1) is 0 Å². The van der Waals surface area contributed by atoms with Crippen molar-refractivity contribution in [3.63, 3.8) is 0 Å². The zero-order valence-electron chi connectivity index (χ0n) is 15.4. The number of carbonyl (C=O) groups is 1. The lowest BCUT2D eigenvalue weighted by atomic mass is 10.1. The molecule has 0 aliphatic carbocycles. The second-order valence-corrected chi connectivity index (χ2v) is 5.42. The molecule has 0 fully saturated rings. The number of amides is 2.